The zero-order valence-corrected chi connectivity index (χ0v) is 6.99. The highest BCUT2D eigenvalue weighted by Gasteiger charge is 2.05. The third-order valence-corrected chi connectivity index (χ3v) is 2.36. The van der Waals surface area contributed by atoms with E-state index in [2.05, 4.69) is 17.1 Å². The maximum Gasteiger partial charge on any atom is 0.0347 e. The predicted octanol–water partition coefficient (Wildman–Crippen LogP) is -0.0492. The molecule has 0 radical (unpaired) electrons. The van der Waals surface area contributed by atoms with Crippen molar-refractivity contribution in [2.24, 2.45) is 10.7 Å². The monoisotopic (exact) mass is 168 g/mol. The Morgan fingerprint density at radius 1 is 1.00 bits per heavy atom. The van der Waals surface area contributed by atoms with E-state index in [9.17, 15) is 0 Å². The van der Waals surface area contributed by atoms with E-state index >= 15 is 0 Å². The Morgan fingerprint density at radius 2 is 1.85 bits per heavy atom. The highest BCUT2D eigenvalue weighted by Crippen LogP contribution is 2.06. The van der Waals surface area contributed by atoms with Crippen LogP contribution in [0.4, 0.5) is 0 Å². The van der Waals surface area contributed by atoms with Crippen molar-refractivity contribution in [1.82, 2.24) is 0 Å². The molecule has 0 aromatic heterocycles. The molecule has 0 saturated heterocycles. The van der Waals surface area contributed by atoms with Crippen molar-refractivity contribution in [3.8, 4) is 0 Å². The number of fused-ring (bicyclic) bond motifs is 2. The zero-order chi connectivity index (χ0) is 8.84. The van der Waals surface area contributed by atoms with Crippen LogP contribution in [0.1, 0.15) is 11.1 Å². The average molecular weight is 168 g/mol. The number of hydrogen-bond acceptors (Lipinski definition) is 2. The topological polar surface area (TPSA) is 38.4 Å². The summed E-state index contributed by atoms with van der Waals surface area (Å²) in [5, 5.41) is 2.37. The average Bonchev–Trinajstić information content (AvgIpc) is 2.63. The summed E-state index contributed by atoms with van der Waals surface area (Å²) in [5.74, 6) is 0. The number of nitrogens with two attached hydrogens (primary N) is 1. The van der Waals surface area contributed by atoms with Crippen LogP contribution in [-0.4, -0.2) is 6.21 Å². The fourth-order valence-electron chi connectivity index (χ4n) is 1.74. The van der Waals surface area contributed by atoms with E-state index in [-0.39, 0.29) is 0 Å². The Labute approximate surface area is 75.4 Å². The first kappa shape index (κ1) is 6.66. The zero-order valence-electron chi connectivity index (χ0n) is 6.99. The van der Waals surface area contributed by atoms with E-state index in [0.717, 1.165) is 5.70 Å². The first-order chi connectivity index (χ1) is 6.33. The summed E-state index contributed by atoms with van der Waals surface area (Å²) in [4.78, 5) is 4.10. The van der Waals surface area contributed by atoms with Crippen LogP contribution < -0.4 is 16.2 Å². The van der Waals surface area contributed by atoms with Crippen LogP contribution in [0.3, 0.4) is 0 Å². The molecule has 2 nitrogen and oxygen atoms in total. The standard InChI is InChI=1S/C11H8N2/c12-11-3-7-1-9-5-13-6-10(9)2-8(7)4-11/h1-6H,12H2. The van der Waals surface area contributed by atoms with Gasteiger partial charge in [0.05, 0.1) is 0 Å². The summed E-state index contributed by atoms with van der Waals surface area (Å²) in [6.45, 7) is 0. The van der Waals surface area contributed by atoms with Crippen LogP contribution in [0.2, 0.25) is 0 Å². The van der Waals surface area contributed by atoms with E-state index in [0.29, 0.717) is 0 Å². The lowest BCUT2D eigenvalue weighted by atomic mass is 10.1. The molecule has 0 fully saturated rings. The normalized spacial score (nSPS) is 15.8. The largest absolute Gasteiger partial charge is 0.399 e. The Balaban J connectivity index is 2.42. The third-order valence-electron chi connectivity index (χ3n) is 2.36. The second-order valence-corrected chi connectivity index (χ2v) is 3.31. The maximum absolute atomic E-state index is 5.71. The third kappa shape index (κ3) is 0.855. The summed E-state index contributed by atoms with van der Waals surface area (Å²) in [6.07, 6.45) is 7.72. The molecule has 0 unspecified atom stereocenters. The quantitative estimate of drug-likeness (QED) is 0.579. The van der Waals surface area contributed by atoms with Gasteiger partial charge in [-0.05, 0) is 35.1 Å². The second-order valence-electron chi connectivity index (χ2n) is 3.31. The van der Waals surface area contributed by atoms with Gasteiger partial charge in [-0.1, -0.05) is 0 Å². The van der Waals surface area contributed by atoms with Gasteiger partial charge in [0.2, 0.25) is 0 Å². The number of aliphatic imine (C=N–C) groups is 1. The van der Waals surface area contributed by atoms with Gasteiger partial charge in [-0.2, -0.15) is 0 Å². The van der Waals surface area contributed by atoms with Gasteiger partial charge in [0.25, 0.3) is 0 Å². The Hall–Kier alpha value is -1.83. The van der Waals surface area contributed by atoms with E-state index in [1.165, 1.54) is 21.6 Å². The Morgan fingerprint density at radius 3 is 2.77 bits per heavy atom. The van der Waals surface area contributed by atoms with Crippen molar-refractivity contribution in [1.29, 1.82) is 0 Å². The fraction of sp³-hybridized carbons (Fsp3) is 0. The molecule has 1 aliphatic carbocycles. The van der Waals surface area contributed by atoms with Gasteiger partial charge in [-0.25, -0.2) is 0 Å². The summed E-state index contributed by atoms with van der Waals surface area (Å²) >= 11 is 0. The molecule has 0 atom stereocenters. The van der Waals surface area contributed by atoms with Gasteiger partial charge >= 0.3 is 0 Å². The van der Waals surface area contributed by atoms with Gasteiger partial charge in [0.15, 0.2) is 0 Å². The first-order valence-corrected chi connectivity index (χ1v) is 4.19. The van der Waals surface area contributed by atoms with Crippen molar-refractivity contribution >= 4 is 24.6 Å². The molecular formula is C11H8N2. The van der Waals surface area contributed by atoms with E-state index < -0.39 is 0 Å². The molecule has 0 amide bonds. The molecule has 13 heavy (non-hydrogen) atoms. The maximum atomic E-state index is 5.71. The molecule has 0 saturated carbocycles. The predicted molar refractivity (Wildman–Crippen MR) is 54.4 cm³/mol. The van der Waals surface area contributed by atoms with Crippen molar-refractivity contribution in [3.63, 3.8) is 0 Å². The number of nitrogens with zero attached hydrogens (tertiary/aromatic N) is 1. The summed E-state index contributed by atoms with van der Waals surface area (Å²) in [5.41, 5.74) is 8.91. The highest BCUT2D eigenvalue weighted by molar-refractivity contribution is 5.87. The minimum atomic E-state index is 0.829. The molecule has 0 bridgehead atoms. The van der Waals surface area contributed by atoms with E-state index in [4.69, 9.17) is 5.73 Å². The SMILES string of the molecule is NC1=Cc2cc3c(cc2=C1)C=NC=3. The van der Waals surface area contributed by atoms with E-state index in [1.807, 2.05) is 24.6 Å². The lowest BCUT2D eigenvalue weighted by Gasteiger charge is -1.93. The van der Waals surface area contributed by atoms with Crippen LogP contribution in [0.15, 0.2) is 22.8 Å². The van der Waals surface area contributed by atoms with Crippen molar-refractivity contribution < 1.29 is 0 Å². The fourth-order valence-corrected chi connectivity index (χ4v) is 1.74. The van der Waals surface area contributed by atoms with Crippen LogP contribution >= 0.6 is 0 Å². The molecule has 3 rings (SSSR count). The van der Waals surface area contributed by atoms with Gasteiger partial charge in [-0.15, -0.1) is 0 Å². The molecular weight excluding hydrogens is 160 g/mol. The molecule has 1 aromatic carbocycles. The molecule has 2 aliphatic rings. The van der Waals surface area contributed by atoms with E-state index in [1.54, 1.807) is 0 Å². The van der Waals surface area contributed by atoms with Crippen LogP contribution in [0, 0.1) is 0 Å². The van der Waals surface area contributed by atoms with Crippen molar-refractivity contribution in [3.05, 3.63) is 39.4 Å². The summed E-state index contributed by atoms with van der Waals surface area (Å²) < 4.78 is 0. The second kappa shape index (κ2) is 2.10. The van der Waals surface area contributed by atoms with Crippen molar-refractivity contribution in [2.75, 3.05) is 0 Å². The molecule has 62 valence electrons. The highest BCUT2D eigenvalue weighted by atomic mass is 14.7. The van der Waals surface area contributed by atoms with Crippen molar-refractivity contribution in [2.45, 2.75) is 0 Å². The summed E-state index contributed by atoms with van der Waals surface area (Å²) in [7, 11) is 0. The number of hydrogen-bond donors (Lipinski definition) is 1. The Bertz CT molecular complexity index is 562. The molecule has 2 heteroatoms. The molecule has 1 aromatic rings. The van der Waals surface area contributed by atoms with Crippen LogP contribution in [0.5, 0.6) is 0 Å². The lowest BCUT2D eigenvalue weighted by molar-refractivity contribution is 1.52. The molecule has 0 spiro atoms. The van der Waals surface area contributed by atoms with Gasteiger partial charge in [0.1, 0.15) is 0 Å². The van der Waals surface area contributed by atoms with Crippen LogP contribution in [-0.2, 0) is 0 Å². The van der Waals surface area contributed by atoms with Crippen LogP contribution in [0.25, 0.3) is 18.4 Å². The first-order valence-electron chi connectivity index (χ1n) is 4.19. The molecule has 1 heterocycles. The van der Waals surface area contributed by atoms with Gasteiger partial charge in [-0.3, -0.25) is 4.99 Å². The number of allylic oxidation sites excluding steroid dienone is 1. The molecule has 2 N–H and O–H groups in total. The Kier molecular flexibility index (Phi) is 1.08. The lowest BCUT2D eigenvalue weighted by Crippen LogP contribution is -2.14. The van der Waals surface area contributed by atoms with Gasteiger partial charge < -0.3 is 5.73 Å². The number of benzene rings is 1. The smallest absolute Gasteiger partial charge is 0.0347 e. The molecule has 1 aliphatic heterocycles. The number of rotatable bonds is 0. The van der Waals surface area contributed by atoms with Gasteiger partial charge in [0, 0.05) is 28.9 Å². The minimum Gasteiger partial charge on any atom is -0.399 e. The minimum absolute atomic E-state index is 0.829. The summed E-state index contributed by atoms with van der Waals surface area (Å²) in [6, 6.07) is 4.24.